The van der Waals surface area contributed by atoms with E-state index in [1.807, 2.05) is 46.6 Å². The Kier molecular flexibility index (Phi) is 19.1. The van der Waals surface area contributed by atoms with Crippen LogP contribution in [0.5, 0.6) is 5.75 Å². The van der Waals surface area contributed by atoms with Gasteiger partial charge in [-0.2, -0.15) is 0 Å². The maximum atomic E-state index is 14.7. The molecule has 1 aliphatic heterocycles. The Morgan fingerprint density at radius 2 is 1.71 bits per heavy atom. The maximum Gasteiger partial charge on any atom is 0.307 e. The van der Waals surface area contributed by atoms with Crippen molar-refractivity contribution in [2.45, 2.75) is 137 Å². The lowest BCUT2D eigenvalue weighted by Crippen LogP contribution is -2.59. The van der Waals surface area contributed by atoms with E-state index < -0.39 is 59.9 Å². The van der Waals surface area contributed by atoms with E-state index in [0.717, 1.165) is 36.3 Å². The zero-order chi connectivity index (χ0) is 43.1. The highest BCUT2D eigenvalue weighted by Gasteiger charge is 2.39. The number of phenols is 1. The highest BCUT2D eigenvalue weighted by Crippen LogP contribution is 2.32. The van der Waals surface area contributed by atoms with Gasteiger partial charge in [0.25, 0.3) is 5.91 Å². The van der Waals surface area contributed by atoms with E-state index in [1.165, 1.54) is 29.3 Å². The largest absolute Gasteiger partial charge is 0.508 e. The number of aliphatic carboxylic acids is 1. The van der Waals surface area contributed by atoms with Crippen molar-refractivity contribution in [2.24, 2.45) is 17.8 Å². The number of carboxylic acid groups (broad SMARTS) is 1. The molecule has 58 heavy (non-hydrogen) atoms. The number of aromatic nitrogens is 1. The Labute approximate surface area is 346 Å². The van der Waals surface area contributed by atoms with Crippen molar-refractivity contribution >= 4 is 47.0 Å². The minimum atomic E-state index is -1.01. The highest BCUT2D eigenvalue weighted by molar-refractivity contribution is 7.09. The topological polar surface area (TPSA) is 205 Å². The van der Waals surface area contributed by atoms with Crippen molar-refractivity contribution in [1.82, 2.24) is 25.4 Å². The second kappa shape index (κ2) is 23.1. The summed E-state index contributed by atoms with van der Waals surface area (Å²) in [6.07, 6.45) is 3.31. The number of likely N-dealkylation sites (N-methyl/N-ethyl adjacent to an activating group) is 1. The number of esters is 2. The van der Waals surface area contributed by atoms with Crippen molar-refractivity contribution in [1.29, 1.82) is 0 Å². The summed E-state index contributed by atoms with van der Waals surface area (Å²) < 4.78 is 11.5. The molecular formula is C42H63N5O10S. The summed E-state index contributed by atoms with van der Waals surface area (Å²) >= 11 is 1.10. The third-order valence-corrected chi connectivity index (χ3v) is 11.7. The summed E-state index contributed by atoms with van der Waals surface area (Å²) in [5.41, 5.74) is 0.816. The fourth-order valence-electron chi connectivity index (χ4n) is 7.07. The van der Waals surface area contributed by atoms with E-state index in [1.54, 1.807) is 19.1 Å². The van der Waals surface area contributed by atoms with Crippen LogP contribution in [0.2, 0.25) is 0 Å². The number of aromatic hydroxyl groups is 1. The van der Waals surface area contributed by atoms with Gasteiger partial charge < -0.3 is 35.2 Å². The lowest BCUT2D eigenvalue weighted by molar-refractivity contribution is -0.160. The Hall–Kier alpha value is -4.57. The molecular weight excluding hydrogens is 767 g/mol. The van der Waals surface area contributed by atoms with Crippen molar-refractivity contribution in [3.63, 3.8) is 0 Å². The van der Waals surface area contributed by atoms with Gasteiger partial charge in [0.2, 0.25) is 11.8 Å². The van der Waals surface area contributed by atoms with Gasteiger partial charge in [0.05, 0.1) is 12.0 Å². The minimum absolute atomic E-state index is 0.0330. The van der Waals surface area contributed by atoms with Crippen LogP contribution in [0.3, 0.4) is 0 Å². The summed E-state index contributed by atoms with van der Waals surface area (Å²) in [5, 5.41) is 27.1. The molecule has 0 spiro atoms. The molecule has 1 fully saturated rings. The summed E-state index contributed by atoms with van der Waals surface area (Å²) in [6, 6.07) is 3.85. The molecule has 3 amide bonds. The van der Waals surface area contributed by atoms with E-state index >= 15 is 0 Å². The van der Waals surface area contributed by atoms with Gasteiger partial charge in [0.1, 0.15) is 22.5 Å². The number of ether oxygens (including phenoxy) is 2. The number of amides is 3. The summed E-state index contributed by atoms with van der Waals surface area (Å²) in [4.78, 5) is 87.0. The van der Waals surface area contributed by atoms with Gasteiger partial charge in [-0.25, -0.2) is 4.98 Å². The first-order chi connectivity index (χ1) is 27.4. The molecule has 3 rings (SSSR count). The van der Waals surface area contributed by atoms with Crippen LogP contribution in [0.25, 0.3) is 0 Å². The summed E-state index contributed by atoms with van der Waals surface area (Å²) in [6.45, 7) is 12.7. The molecule has 0 aliphatic carbocycles. The van der Waals surface area contributed by atoms with Crippen LogP contribution in [-0.4, -0.2) is 105 Å². The Balaban J connectivity index is 1.95. The number of hydrogen-bond acceptors (Lipinski definition) is 12. The first-order valence-electron chi connectivity index (χ1n) is 20.4. The Bertz CT molecular complexity index is 1680. The van der Waals surface area contributed by atoms with E-state index in [-0.39, 0.29) is 61.2 Å². The van der Waals surface area contributed by atoms with Gasteiger partial charge in [-0.15, -0.1) is 11.3 Å². The van der Waals surface area contributed by atoms with Crippen molar-refractivity contribution in [3.8, 4) is 5.75 Å². The number of likely N-dealkylation sites (tertiary alicyclic amines) is 1. The second-order valence-electron chi connectivity index (χ2n) is 15.8. The monoisotopic (exact) mass is 829 g/mol. The lowest BCUT2D eigenvalue weighted by atomic mass is 9.92. The van der Waals surface area contributed by atoms with Crippen molar-refractivity contribution < 1.29 is 48.5 Å². The molecule has 1 aromatic carbocycles. The fourth-order valence-corrected chi connectivity index (χ4v) is 7.91. The number of benzene rings is 1. The van der Waals surface area contributed by atoms with E-state index in [9.17, 15) is 39.0 Å². The zero-order valence-electron chi connectivity index (χ0n) is 35.2. The number of hydrogen-bond donors (Lipinski definition) is 4. The molecule has 1 saturated heterocycles. The third-order valence-electron chi connectivity index (χ3n) is 10.7. The zero-order valence-corrected chi connectivity index (χ0v) is 36.0. The number of thiazole rings is 1. The molecule has 2 heterocycles. The summed E-state index contributed by atoms with van der Waals surface area (Å²) in [5.74, 6) is -4.54. The number of nitrogens with zero attached hydrogens (tertiary/aromatic N) is 3. The molecule has 0 bridgehead atoms. The normalized spacial score (nSPS) is 17.6. The van der Waals surface area contributed by atoms with Gasteiger partial charge in [-0.1, -0.05) is 66.5 Å². The van der Waals surface area contributed by atoms with Crippen LogP contribution in [0.4, 0.5) is 0 Å². The van der Waals surface area contributed by atoms with E-state index in [0.29, 0.717) is 30.7 Å². The van der Waals surface area contributed by atoms with Crippen LogP contribution < -0.4 is 10.6 Å². The molecule has 0 saturated carbocycles. The molecule has 15 nitrogen and oxygen atoms in total. The minimum Gasteiger partial charge on any atom is -0.508 e. The third kappa shape index (κ3) is 14.4. The van der Waals surface area contributed by atoms with Gasteiger partial charge >= 0.3 is 17.9 Å². The number of carbonyl (C=O) groups excluding carboxylic acids is 5. The fraction of sp³-hybridized carbons (Fsp3) is 0.643. The van der Waals surface area contributed by atoms with Crippen LogP contribution in [0, 0.1) is 17.8 Å². The van der Waals surface area contributed by atoms with Gasteiger partial charge in [0, 0.05) is 37.2 Å². The molecule has 2 unspecified atom stereocenters. The van der Waals surface area contributed by atoms with Gasteiger partial charge in [0.15, 0.2) is 12.8 Å². The van der Waals surface area contributed by atoms with Crippen LogP contribution in [0.15, 0.2) is 29.6 Å². The molecule has 7 atom stereocenters. The maximum absolute atomic E-state index is 14.7. The molecule has 1 aliphatic rings. The van der Waals surface area contributed by atoms with Gasteiger partial charge in [-0.3, -0.25) is 33.7 Å². The first-order valence-corrected chi connectivity index (χ1v) is 21.2. The number of phenolic OH excluding ortho intramolecular Hbond substituents is 1. The summed E-state index contributed by atoms with van der Waals surface area (Å²) in [7, 11) is 1.90. The predicted molar refractivity (Wildman–Crippen MR) is 219 cm³/mol. The quantitative estimate of drug-likeness (QED) is 0.0863. The molecule has 16 heteroatoms. The van der Waals surface area contributed by atoms with Gasteiger partial charge in [-0.05, 0) is 75.2 Å². The van der Waals surface area contributed by atoms with Crippen molar-refractivity contribution in [2.75, 3.05) is 20.3 Å². The van der Waals surface area contributed by atoms with E-state index in [2.05, 4.69) is 15.6 Å². The smallest absolute Gasteiger partial charge is 0.307 e. The number of nitrogens with one attached hydrogen (secondary N) is 2. The highest BCUT2D eigenvalue weighted by atomic mass is 32.1. The van der Waals surface area contributed by atoms with Crippen LogP contribution in [0.1, 0.15) is 127 Å². The number of piperidine rings is 1. The molecule has 1 aromatic heterocycles. The first kappa shape index (κ1) is 47.8. The Morgan fingerprint density at radius 1 is 1.02 bits per heavy atom. The number of carboxylic acids is 1. The SMILES string of the molecule is CCCC(=O)OCN(C(=O)[C@@H](NC(=O)[C@H]1CCCCN1C)C(C)CC)[C@H](C[C@@H](OC(C)=O)c1nc(C(=O)NC(Cc2ccc(O)cc2)C[C@H](C)C(=O)O)cs1)C(C)C. The number of rotatable bonds is 22. The molecule has 2 aromatic rings. The van der Waals surface area contributed by atoms with Crippen LogP contribution >= 0.6 is 11.3 Å². The standard InChI is InChI=1S/C42H63N5O10S/c1-9-13-36(50)56-24-47(41(53)37(26(5)10-2)45-39(52)33-14-11-12-19-46(33)8)34(25(3)4)22-35(57-28(7)48)40-44-32(23-58-40)38(51)43-30(20-27(6)42(54)55)21-29-15-17-31(49)18-16-29/h15-18,23,25-27,30,33-35,37,49H,9-14,19-22,24H2,1-8H3,(H,43,51)(H,45,52)(H,54,55)/t26?,27-,30?,33+,34+,35+,37-/m0/s1. The van der Waals surface area contributed by atoms with Crippen molar-refractivity contribution in [3.05, 3.63) is 45.9 Å². The number of carbonyl (C=O) groups is 6. The average molecular weight is 830 g/mol. The van der Waals surface area contributed by atoms with Crippen LogP contribution in [-0.2, 0) is 39.9 Å². The second-order valence-corrected chi connectivity index (χ2v) is 16.7. The predicted octanol–water partition coefficient (Wildman–Crippen LogP) is 5.46. The average Bonchev–Trinajstić information content (AvgIpc) is 3.67. The molecule has 0 radical (unpaired) electrons. The van der Waals surface area contributed by atoms with E-state index in [4.69, 9.17) is 9.47 Å². The molecule has 322 valence electrons. The lowest BCUT2D eigenvalue weighted by Gasteiger charge is -2.39. The Morgan fingerprint density at radius 3 is 2.29 bits per heavy atom. The molecule has 4 N–H and O–H groups in total.